The van der Waals surface area contributed by atoms with Crippen LogP contribution in [0.5, 0.6) is 11.5 Å². The number of methoxy groups -OCH3 is 1. The average Bonchev–Trinajstić information content (AvgIpc) is 2.04. The molecule has 1 N–H and O–H groups in total. The highest BCUT2D eigenvalue weighted by Crippen LogP contribution is 2.24. The van der Waals surface area contributed by atoms with Crippen LogP contribution >= 0.6 is 12.6 Å². The average molecular weight is 170 g/mol. The highest BCUT2D eigenvalue weighted by atomic mass is 32.1. The van der Waals surface area contributed by atoms with Gasteiger partial charge >= 0.3 is 0 Å². The van der Waals surface area contributed by atoms with Crippen molar-refractivity contribution in [1.29, 1.82) is 0 Å². The van der Waals surface area contributed by atoms with Crippen LogP contribution in [-0.4, -0.2) is 12.2 Å². The Bertz CT molecular complexity index is 248. The molecule has 60 valence electrons. The second-order valence-corrected chi connectivity index (χ2v) is 2.47. The second-order valence-electron chi connectivity index (χ2n) is 2.15. The van der Waals surface area contributed by atoms with Gasteiger partial charge < -0.3 is 9.84 Å². The number of benzene rings is 1. The van der Waals surface area contributed by atoms with Gasteiger partial charge in [-0.15, -0.1) is 0 Å². The lowest BCUT2D eigenvalue weighted by molar-refractivity contribution is 0.407. The first-order chi connectivity index (χ1) is 5.27. The molecule has 0 bridgehead atoms. The third kappa shape index (κ3) is 1.80. The van der Waals surface area contributed by atoms with E-state index in [1.165, 1.54) is 0 Å². The third-order valence-corrected chi connectivity index (χ3v) is 1.80. The van der Waals surface area contributed by atoms with Gasteiger partial charge in [-0.2, -0.15) is 12.6 Å². The lowest BCUT2D eigenvalue weighted by Crippen LogP contribution is -1.84. The molecule has 3 heteroatoms. The third-order valence-electron chi connectivity index (χ3n) is 1.46. The summed E-state index contributed by atoms with van der Waals surface area (Å²) in [6, 6.07) is 5.16. The summed E-state index contributed by atoms with van der Waals surface area (Å²) in [4.78, 5) is 0. The first-order valence-corrected chi connectivity index (χ1v) is 3.88. The molecule has 11 heavy (non-hydrogen) atoms. The highest BCUT2D eigenvalue weighted by Gasteiger charge is 1.99. The maximum Gasteiger partial charge on any atom is 0.123 e. The van der Waals surface area contributed by atoms with E-state index in [-0.39, 0.29) is 5.75 Å². The molecule has 0 saturated heterocycles. The number of hydrogen-bond donors (Lipinski definition) is 2. The SMILES string of the molecule is COc1ccc(CS)c(O)c1. The molecule has 0 saturated carbocycles. The van der Waals surface area contributed by atoms with E-state index >= 15 is 0 Å². The monoisotopic (exact) mass is 170 g/mol. The van der Waals surface area contributed by atoms with Crippen LogP contribution in [-0.2, 0) is 5.75 Å². The van der Waals surface area contributed by atoms with Crippen molar-refractivity contribution >= 4 is 12.6 Å². The summed E-state index contributed by atoms with van der Waals surface area (Å²) in [6.45, 7) is 0. The van der Waals surface area contributed by atoms with Crippen molar-refractivity contribution < 1.29 is 9.84 Å². The van der Waals surface area contributed by atoms with Crippen LogP contribution in [0.3, 0.4) is 0 Å². The van der Waals surface area contributed by atoms with Crippen molar-refractivity contribution in [3.8, 4) is 11.5 Å². The fourth-order valence-corrected chi connectivity index (χ4v) is 1.07. The normalized spacial score (nSPS) is 9.64. The molecule has 0 fully saturated rings. The molecule has 0 aliphatic rings. The molecule has 0 heterocycles. The first-order valence-electron chi connectivity index (χ1n) is 3.24. The van der Waals surface area contributed by atoms with Crippen LogP contribution in [0.15, 0.2) is 18.2 Å². The van der Waals surface area contributed by atoms with Gasteiger partial charge in [-0.05, 0) is 6.07 Å². The number of hydrogen-bond acceptors (Lipinski definition) is 3. The molecule has 0 radical (unpaired) electrons. The Balaban J connectivity index is 2.99. The number of thiol groups is 1. The predicted octanol–water partition coefficient (Wildman–Crippen LogP) is 1.83. The predicted molar refractivity (Wildman–Crippen MR) is 47.3 cm³/mol. The quantitative estimate of drug-likeness (QED) is 0.663. The number of ether oxygens (including phenoxy) is 1. The van der Waals surface area contributed by atoms with Crippen molar-refractivity contribution in [3.05, 3.63) is 23.8 Å². The topological polar surface area (TPSA) is 29.5 Å². The summed E-state index contributed by atoms with van der Waals surface area (Å²) in [7, 11) is 1.56. The first kappa shape index (κ1) is 8.27. The Morgan fingerprint density at radius 2 is 2.27 bits per heavy atom. The summed E-state index contributed by atoms with van der Waals surface area (Å²) in [5.41, 5.74) is 0.814. The van der Waals surface area contributed by atoms with Gasteiger partial charge in [0, 0.05) is 17.4 Å². The Morgan fingerprint density at radius 1 is 1.55 bits per heavy atom. The molecular formula is C8H10O2S. The largest absolute Gasteiger partial charge is 0.507 e. The fraction of sp³-hybridized carbons (Fsp3) is 0.250. The second kappa shape index (κ2) is 3.53. The van der Waals surface area contributed by atoms with Gasteiger partial charge in [0.15, 0.2) is 0 Å². The van der Waals surface area contributed by atoms with Gasteiger partial charge in [-0.25, -0.2) is 0 Å². The van der Waals surface area contributed by atoms with Crippen LogP contribution in [0.1, 0.15) is 5.56 Å². The highest BCUT2D eigenvalue weighted by molar-refractivity contribution is 7.79. The zero-order valence-corrected chi connectivity index (χ0v) is 7.14. The van der Waals surface area contributed by atoms with Crippen molar-refractivity contribution in [2.75, 3.05) is 7.11 Å². The lowest BCUT2D eigenvalue weighted by Gasteiger charge is -2.03. The maximum atomic E-state index is 9.29. The molecule has 0 amide bonds. The van der Waals surface area contributed by atoms with E-state index in [0.29, 0.717) is 11.5 Å². The summed E-state index contributed by atoms with van der Waals surface area (Å²) in [6.07, 6.45) is 0. The smallest absolute Gasteiger partial charge is 0.123 e. The lowest BCUT2D eigenvalue weighted by atomic mass is 10.2. The fourth-order valence-electron chi connectivity index (χ4n) is 0.804. The molecular weight excluding hydrogens is 160 g/mol. The van der Waals surface area contributed by atoms with E-state index in [2.05, 4.69) is 12.6 Å². The molecule has 2 nitrogen and oxygen atoms in total. The van der Waals surface area contributed by atoms with Crippen LogP contribution in [0, 0.1) is 0 Å². The van der Waals surface area contributed by atoms with Crippen LogP contribution in [0.25, 0.3) is 0 Å². The zero-order chi connectivity index (χ0) is 8.27. The molecule has 0 unspecified atom stereocenters. The molecule has 1 rings (SSSR count). The van der Waals surface area contributed by atoms with E-state index in [0.717, 1.165) is 5.56 Å². The minimum atomic E-state index is 0.236. The Kier molecular flexibility index (Phi) is 2.65. The zero-order valence-electron chi connectivity index (χ0n) is 6.24. The molecule has 1 aromatic rings. The number of rotatable bonds is 2. The minimum Gasteiger partial charge on any atom is -0.507 e. The number of aromatic hydroxyl groups is 1. The number of phenols is 1. The summed E-state index contributed by atoms with van der Waals surface area (Å²) in [5.74, 6) is 1.43. The van der Waals surface area contributed by atoms with Crippen LogP contribution in [0.2, 0.25) is 0 Å². The summed E-state index contributed by atoms with van der Waals surface area (Å²) in [5, 5.41) is 9.29. The van der Waals surface area contributed by atoms with Crippen molar-refractivity contribution in [2.24, 2.45) is 0 Å². The molecule has 0 aromatic heterocycles. The van der Waals surface area contributed by atoms with Gasteiger partial charge in [0.1, 0.15) is 11.5 Å². The van der Waals surface area contributed by atoms with Crippen molar-refractivity contribution in [2.45, 2.75) is 5.75 Å². The van der Waals surface area contributed by atoms with Gasteiger partial charge in [0.2, 0.25) is 0 Å². The van der Waals surface area contributed by atoms with E-state index in [1.54, 1.807) is 25.3 Å². The molecule has 1 aromatic carbocycles. The number of phenolic OH excluding ortho intramolecular Hbond substituents is 1. The Morgan fingerprint density at radius 3 is 2.73 bits per heavy atom. The van der Waals surface area contributed by atoms with E-state index in [4.69, 9.17) is 4.74 Å². The van der Waals surface area contributed by atoms with E-state index in [1.807, 2.05) is 0 Å². The Hall–Kier alpha value is -0.830. The summed E-state index contributed by atoms with van der Waals surface area (Å²) < 4.78 is 4.91. The van der Waals surface area contributed by atoms with E-state index in [9.17, 15) is 5.11 Å². The van der Waals surface area contributed by atoms with Crippen molar-refractivity contribution in [3.63, 3.8) is 0 Å². The van der Waals surface area contributed by atoms with Gasteiger partial charge in [-0.3, -0.25) is 0 Å². The van der Waals surface area contributed by atoms with Crippen LogP contribution < -0.4 is 4.74 Å². The van der Waals surface area contributed by atoms with E-state index < -0.39 is 0 Å². The molecule has 0 spiro atoms. The Labute approximate surface area is 71.2 Å². The van der Waals surface area contributed by atoms with Gasteiger partial charge in [0.05, 0.1) is 7.11 Å². The van der Waals surface area contributed by atoms with Crippen LogP contribution in [0.4, 0.5) is 0 Å². The minimum absolute atomic E-state index is 0.236. The maximum absolute atomic E-state index is 9.29. The van der Waals surface area contributed by atoms with Crippen molar-refractivity contribution in [1.82, 2.24) is 0 Å². The van der Waals surface area contributed by atoms with Gasteiger partial charge in [0.25, 0.3) is 0 Å². The summed E-state index contributed by atoms with van der Waals surface area (Å²) >= 11 is 4.04. The molecule has 0 aliphatic heterocycles. The van der Waals surface area contributed by atoms with Gasteiger partial charge in [-0.1, -0.05) is 6.07 Å². The standard InChI is InChI=1S/C8H10O2S/c1-10-7-3-2-6(5-11)8(9)4-7/h2-4,9,11H,5H2,1H3. The molecule has 0 aliphatic carbocycles. The molecule has 0 atom stereocenters.